The van der Waals surface area contributed by atoms with Crippen molar-refractivity contribution in [1.29, 1.82) is 0 Å². The van der Waals surface area contributed by atoms with E-state index in [0.29, 0.717) is 5.75 Å². The summed E-state index contributed by atoms with van der Waals surface area (Å²) in [6, 6.07) is 8.77. The van der Waals surface area contributed by atoms with Crippen LogP contribution in [0.1, 0.15) is 52.5 Å². The summed E-state index contributed by atoms with van der Waals surface area (Å²) < 4.78 is 10.7. The van der Waals surface area contributed by atoms with Gasteiger partial charge >= 0.3 is 12.1 Å². The number of nitrogens with zero attached hydrogens (tertiary/aromatic N) is 1. The SMILES string of the molecule is CC(C)(C)OC(=O)NCC(=O)N1C(C(=O)OC(C)(C)C)CSC1c1ccccc1. The summed E-state index contributed by atoms with van der Waals surface area (Å²) in [7, 11) is 0. The highest BCUT2D eigenvalue weighted by Crippen LogP contribution is 2.41. The number of nitrogens with one attached hydrogen (secondary N) is 1. The molecule has 0 spiro atoms. The number of hydrogen-bond acceptors (Lipinski definition) is 6. The number of rotatable bonds is 4. The molecule has 1 fully saturated rings. The van der Waals surface area contributed by atoms with Gasteiger partial charge in [-0.1, -0.05) is 30.3 Å². The van der Waals surface area contributed by atoms with Gasteiger partial charge in [-0.15, -0.1) is 11.8 Å². The first-order valence-corrected chi connectivity index (χ1v) is 10.6. The van der Waals surface area contributed by atoms with Gasteiger partial charge < -0.3 is 19.7 Å². The molecule has 0 bridgehead atoms. The van der Waals surface area contributed by atoms with Crippen LogP contribution in [0.3, 0.4) is 0 Å². The van der Waals surface area contributed by atoms with Gasteiger partial charge in [0.15, 0.2) is 0 Å². The van der Waals surface area contributed by atoms with Crippen LogP contribution in [-0.2, 0) is 19.1 Å². The van der Waals surface area contributed by atoms with Gasteiger partial charge in [0.05, 0.1) is 0 Å². The highest BCUT2D eigenvalue weighted by molar-refractivity contribution is 7.99. The normalized spacial score (nSPS) is 19.6. The average Bonchev–Trinajstić information content (AvgIpc) is 3.03. The fraction of sp³-hybridized carbons (Fsp3) is 0.571. The van der Waals surface area contributed by atoms with Crippen molar-refractivity contribution in [2.45, 2.75) is 64.2 Å². The number of thioether (sulfide) groups is 1. The highest BCUT2D eigenvalue weighted by Gasteiger charge is 2.44. The molecule has 7 nitrogen and oxygen atoms in total. The van der Waals surface area contributed by atoms with Crippen LogP contribution in [-0.4, -0.2) is 52.4 Å². The number of carbonyl (C=O) groups excluding carboxylic acids is 3. The quantitative estimate of drug-likeness (QED) is 0.748. The number of carbonyl (C=O) groups is 3. The Morgan fingerprint density at radius 1 is 1.03 bits per heavy atom. The first kappa shape index (κ1) is 23.1. The van der Waals surface area contributed by atoms with E-state index in [1.54, 1.807) is 41.5 Å². The molecule has 8 heteroatoms. The molecule has 1 aliphatic rings. The highest BCUT2D eigenvalue weighted by atomic mass is 32.2. The third-order valence-electron chi connectivity index (χ3n) is 3.83. The van der Waals surface area contributed by atoms with Crippen molar-refractivity contribution in [1.82, 2.24) is 10.2 Å². The third kappa shape index (κ3) is 6.96. The van der Waals surface area contributed by atoms with E-state index < -0.39 is 29.3 Å². The lowest BCUT2D eigenvalue weighted by atomic mass is 10.1. The van der Waals surface area contributed by atoms with Gasteiger partial charge in [-0.2, -0.15) is 0 Å². The van der Waals surface area contributed by atoms with Crippen LogP contribution >= 0.6 is 11.8 Å². The molecule has 160 valence electrons. The van der Waals surface area contributed by atoms with Gasteiger partial charge in [0.1, 0.15) is 29.2 Å². The van der Waals surface area contributed by atoms with Crippen molar-refractivity contribution in [3.63, 3.8) is 0 Å². The fourth-order valence-electron chi connectivity index (χ4n) is 2.79. The summed E-state index contributed by atoms with van der Waals surface area (Å²) in [5, 5.41) is 2.15. The number of amides is 2. The van der Waals surface area contributed by atoms with Gasteiger partial charge in [-0.25, -0.2) is 9.59 Å². The largest absolute Gasteiger partial charge is 0.458 e. The predicted molar refractivity (Wildman–Crippen MR) is 112 cm³/mol. The van der Waals surface area contributed by atoms with E-state index in [1.807, 2.05) is 30.3 Å². The molecule has 1 saturated heterocycles. The molecular formula is C21H30N2O5S. The lowest BCUT2D eigenvalue weighted by Crippen LogP contribution is -2.49. The maximum absolute atomic E-state index is 13.0. The number of alkyl carbamates (subject to hydrolysis) is 1. The van der Waals surface area contributed by atoms with Crippen LogP contribution < -0.4 is 5.32 Å². The molecule has 1 aromatic rings. The van der Waals surface area contributed by atoms with E-state index in [1.165, 1.54) is 16.7 Å². The Hall–Kier alpha value is -2.22. The van der Waals surface area contributed by atoms with Crippen molar-refractivity contribution in [2.75, 3.05) is 12.3 Å². The number of esters is 1. The van der Waals surface area contributed by atoms with Crippen molar-refractivity contribution >= 4 is 29.7 Å². The minimum atomic E-state index is -0.725. The first-order valence-electron chi connectivity index (χ1n) is 9.55. The Labute approximate surface area is 176 Å². The first-order chi connectivity index (χ1) is 13.4. The zero-order valence-electron chi connectivity index (χ0n) is 17.9. The average molecular weight is 423 g/mol. The van der Waals surface area contributed by atoms with E-state index in [9.17, 15) is 14.4 Å². The van der Waals surface area contributed by atoms with Crippen molar-refractivity contribution in [2.24, 2.45) is 0 Å². The lowest BCUT2D eigenvalue weighted by Gasteiger charge is -2.30. The summed E-state index contributed by atoms with van der Waals surface area (Å²) >= 11 is 1.50. The zero-order valence-corrected chi connectivity index (χ0v) is 18.7. The topological polar surface area (TPSA) is 84.9 Å². The van der Waals surface area contributed by atoms with Crippen LogP contribution in [0.5, 0.6) is 0 Å². The maximum Gasteiger partial charge on any atom is 0.408 e. The molecule has 0 aromatic heterocycles. The summed E-state index contributed by atoms with van der Waals surface area (Å²) in [6.07, 6.45) is -0.678. The third-order valence-corrected chi connectivity index (χ3v) is 5.16. The van der Waals surface area contributed by atoms with Gasteiger partial charge in [0.25, 0.3) is 0 Å². The molecule has 1 aliphatic heterocycles. The second kappa shape index (κ2) is 9.07. The van der Waals surface area contributed by atoms with Crippen LogP contribution in [0.4, 0.5) is 4.79 Å². The molecule has 1 heterocycles. The summed E-state index contributed by atoms with van der Waals surface area (Å²) in [4.78, 5) is 39.2. The number of benzene rings is 1. The number of hydrogen-bond donors (Lipinski definition) is 1. The zero-order chi connectivity index (χ0) is 21.8. The lowest BCUT2D eigenvalue weighted by molar-refractivity contribution is -0.163. The second-order valence-electron chi connectivity index (χ2n) is 8.80. The van der Waals surface area contributed by atoms with E-state index in [-0.39, 0.29) is 17.8 Å². The smallest absolute Gasteiger partial charge is 0.408 e. The minimum Gasteiger partial charge on any atom is -0.458 e. The van der Waals surface area contributed by atoms with Crippen LogP contribution in [0.25, 0.3) is 0 Å². The van der Waals surface area contributed by atoms with Crippen molar-refractivity contribution < 1.29 is 23.9 Å². The second-order valence-corrected chi connectivity index (χ2v) is 9.92. The minimum absolute atomic E-state index is 0.266. The molecule has 2 unspecified atom stereocenters. The summed E-state index contributed by atoms with van der Waals surface area (Å²) in [6.45, 7) is 10.3. The predicted octanol–water partition coefficient (Wildman–Crippen LogP) is 3.50. The Bertz CT molecular complexity index is 740. The molecule has 0 radical (unpaired) electrons. The van der Waals surface area contributed by atoms with Crippen LogP contribution in [0, 0.1) is 0 Å². The fourth-order valence-corrected chi connectivity index (χ4v) is 4.23. The van der Waals surface area contributed by atoms with Gasteiger partial charge in [-0.05, 0) is 47.1 Å². The summed E-state index contributed by atoms with van der Waals surface area (Å²) in [5.74, 6) is -0.397. The van der Waals surface area contributed by atoms with Gasteiger partial charge in [-0.3, -0.25) is 4.79 Å². The molecular weight excluding hydrogens is 392 g/mol. The molecule has 2 amide bonds. The van der Waals surface area contributed by atoms with E-state index in [2.05, 4.69) is 5.32 Å². The molecule has 1 N–H and O–H groups in total. The van der Waals surface area contributed by atoms with Crippen LogP contribution in [0.2, 0.25) is 0 Å². The Kier molecular flexibility index (Phi) is 7.21. The van der Waals surface area contributed by atoms with E-state index in [4.69, 9.17) is 9.47 Å². The molecule has 2 atom stereocenters. The summed E-state index contributed by atoms with van der Waals surface area (Å²) in [5.41, 5.74) is -0.410. The Morgan fingerprint density at radius 3 is 2.17 bits per heavy atom. The Morgan fingerprint density at radius 2 is 1.62 bits per heavy atom. The van der Waals surface area contributed by atoms with Gasteiger partial charge in [0.2, 0.25) is 5.91 Å². The van der Waals surface area contributed by atoms with E-state index in [0.717, 1.165) is 5.56 Å². The molecule has 1 aromatic carbocycles. The van der Waals surface area contributed by atoms with Crippen molar-refractivity contribution in [3.05, 3.63) is 35.9 Å². The van der Waals surface area contributed by atoms with Crippen LogP contribution in [0.15, 0.2) is 30.3 Å². The Balaban J connectivity index is 2.17. The molecule has 2 rings (SSSR count). The molecule has 29 heavy (non-hydrogen) atoms. The van der Waals surface area contributed by atoms with Crippen molar-refractivity contribution in [3.8, 4) is 0 Å². The molecule has 0 aliphatic carbocycles. The standard InChI is InChI=1S/C21H30N2O5S/c1-20(2,3)27-18(25)15-13-29-17(14-10-8-7-9-11-14)23(15)16(24)12-22-19(26)28-21(4,5)6/h7-11,15,17H,12-13H2,1-6H3,(H,22,26). The van der Waals surface area contributed by atoms with Gasteiger partial charge in [0, 0.05) is 5.75 Å². The monoisotopic (exact) mass is 422 g/mol. The molecule has 0 saturated carbocycles. The maximum atomic E-state index is 13.0. The number of ether oxygens (including phenoxy) is 2. The van der Waals surface area contributed by atoms with E-state index >= 15 is 0 Å².